The lowest BCUT2D eigenvalue weighted by atomic mass is 10.1. The van der Waals surface area contributed by atoms with Crippen molar-refractivity contribution in [1.82, 2.24) is 5.32 Å². The van der Waals surface area contributed by atoms with E-state index in [0.717, 1.165) is 0 Å². The number of piperidine rings is 1. The Morgan fingerprint density at radius 1 is 1.25 bits per heavy atom. The van der Waals surface area contributed by atoms with Gasteiger partial charge in [-0.25, -0.2) is 9.56 Å². The molecule has 6 N–H and O–H groups in total. The summed E-state index contributed by atoms with van der Waals surface area (Å²) < 4.78 is 10.9. The molecule has 1 fully saturated rings. The summed E-state index contributed by atoms with van der Waals surface area (Å²) in [7, 11) is -9.68. The van der Waals surface area contributed by atoms with E-state index in [1.807, 2.05) is 0 Å². The minimum Gasteiger partial charge on any atom is -0.317 e. The minimum atomic E-state index is -4.94. The molecule has 0 saturated carbocycles. The van der Waals surface area contributed by atoms with Gasteiger partial charge in [-0.05, 0) is 25.9 Å². The summed E-state index contributed by atoms with van der Waals surface area (Å²) in [6.45, 7) is 1.27. The van der Waals surface area contributed by atoms with Crippen molar-refractivity contribution in [2.45, 2.75) is 18.9 Å². The summed E-state index contributed by atoms with van der Waals surface area (Å²) in [5.74, 6) is 0. The van der Waals surface area contributed by atoms with Crippen LogP contribution >= 0.6 is 15.5 Å². The van der Waals surface area contributed by atoms with E-state index in [0.29, 0.717) is 25.9 Å². The predicted octanol–water partition coefficient (Wildman–Crippen LogP) is -0.988. The molecule has 0 atom stereocenters. The Bertz CT molecular complexity index is 315. The maximum atomic E-state index is 10.9. The molecule has 0 aromatic carbocycles. The van der Waals surface area contributed by atoms with Crippen molar-refractivity contribution in [2.24, 2.45) is 4.99 Å². The molecule has 0 spiro atoms. The number of nitrogens with one attached hydrogen (secondary N) is 1. The van der Waals surface area contributed by atoms with Gasteiger partial charge in [0.1, 0.15) is 0 Å². The van der Waals surface area contributed by atoms with E-state index in [1.165, 1.54) is 0 Å². The van der Waals surface area contributed by atoms with Gasteiger partial charge < -0.3 is 15.1 Å². The Balaban J connectivity index is 2.92. The van der Waals surface area contributed by atoms with Gasteiger partial charge in [-0.15, -0.1) is 0 Å². The quantitative estimate of drug-likeness (QED) is 0.286. The molecule has 0 radical (unpaired) electrons. The lowest BCUT2D eigenvalue weighted by Gasteiger charge is -2.19. The van der Waals surface area contributed by atoms with Gasteiger partial charge in [0.2, 0.25) is 0 Å². The average molecular weight is 273 g/mol. The first kappa shape index (κ1) is 14.2. The zero-order valence-electron chi connectivity index (χ0n) is 8.39. The van der Waals surface area contributed by atoms with Gasteiger partial charge in [0.05, 0.1) is 6.04 Å². The van der Waals surface area contributed by atoms with Gasteiger partial charge >= 0.3 is 20.7 Å². The third-order valence-corrected chi connectivity index (χ3v) is 5.01. The van der Waals surface area contributed by atoms with E-state index in [4.69, 9.17) is 24.5 Å². The molecule has 0 bridgehead atoms. The molecule has 0 aromatic rings. The highest BCUT2D eigenvalue weighted by Crippen LogP contribution is 2.60. The van der Waals surface area contributed by atoms with Crippen molar-refractivity contribution < 1.29 is 29.0 Å². The number of hydrogen-bond acceptors (Lipinski definition) is 6. The molecule has 0 unspecified atom stereocenters. The highest BCUT2D eigenvalue weighted by Gasteiger charge is 2.52. The van der Waals surface area contributed by atoms with Crippen molar-refractivity contribution in [3.63, 3.8) is 0 Å². The maximum absolute atomic E-state index is 10.9. The Kier molecular flexibility index (Phi) is 4.57. The van der Waals surface area contributed by atoms with E-state index in [9.17, 15) is 4.57 Å². The van der Waals surface area contributed by atoms with Crippen molar-refractivity contribution in [3.05, 3.63) is 0 Å². The summed E-state index contributed by atoms with van der Waals surface area (Å²) in [6, 6.07) is -0.408. The third-order valence-electron chi connectivity index (χ3n) is 2.14. The Hall–Kier alpha value is 0.0900. The van der Waals surface area contributed by atoms with Crippen LogP contribution in [0, 0.1) is 0 Å². The van der Waals surface area contributed by atoms with E-state index >= 15 is 0 Å². The molecule has 1 heterocycles. The normalized spacial score (nSPS) is 21.2. The van der Waals surface area contributed by atoms with Crippen LogP contribution in [0.15, 0.2) is 4.99 Å². The predicted molar refractivity (Wildman–Crippen MR) is 58.9 cm³/mol. The Morgan fingerprint density at radius 2 is 1.75 bits per heavy atom. The second-order valence-corrected chi connectivity index (χ2v) is 6.95. The largest absolute Gasteiger partial charge is 0.469 e. The monoisotopic (exact) mass is 273 g/mol. The maximum Gasteiger partial charge on any atom is 0.469 e. The molecule has 94 valence electrons. The Labute approximate surface area is 92.8 Å². The SMILES string of the molecule is O=P(O)(O)C(=NC1CCNCC1)[P+](O)(O)O. The summed E-state index contributed by atoms with van der Waals surface area (Å²) in [6.07, 6.45) is 1.06. The van der Waals surface area contributed by atoms with Gasteiger partial charge in [-0.1, -0.05) is 0 Å². The van der Waals surface area contributed by atoms with Gasteiger partial charge in [0.25, 0.3) is 0 Å². The first-order valence-electron chi connectivity index (χ1n) is 4.64. The van der Waals surface area contributed by atoms with Crippen molar-refractivity contribution in [1.29, 1.82) is 0 Å². The number of aliphatic imine (C=N–C) groups is 1. The fourth-order valence-corrected chi connectivity index (χ4v) is 3.46. The Morgan fingerprint density at radius 3 is 2.12 bits per heavy atom. The second kappa shape index (κ2) is 5.16. The second-order valence-electron chi connectivity index (χ2n) is 3.52. The van der Waals surface area contributed by atoms with Crippen LogP contribution in [-0.4, -0.2) is 48.8 Å². The lowest BCUT2D eigenvalue weighted by molar-refractivity contribution is 0.347. The van der Waals surface area contributed by atoms with Crippen LogP contribution in [-0.2, 0) is 4.57 Å². The zero-order valence-corrected chi connectivity index (χ0v) is 10.2. The molecule has 1 aliphatic heterocycles. The van der Waals surface area contributed by atoms with Gasteiger partial charge in [-0.3, -0.25) is 0 Å². The fraction of sp³-hybridized carbons (Fsp3) is 0.833. The first-order valence-corrected chi connectivity index (χ1v) is 7.89. The van der Waals surface area contributed by atoms with E-state index in [1.54, 1.807) is 0 Å². The average Bonchev–Trinajstić information content (AvgIpc) is 2.12. The van der Waals surface area contributed by atoms with E-state index in [-0.39, 0.29) is 0 Å². The molecule has 0 aliphatic carbocycles. The van der Waals surface area contributed by atoms with Crippen LogP contribution in [0.1, 0.15) is 12.8 Å². The number of nitrogens with zero attached hydrogens (tertiary/aromatic N) is 1. The molecule has 1 saturated heterocycles. The van der Waals surface area contributed by atoms with Crippen LogP contribution in [0.4, 0.5) is 0 Å². The lowest BCUT2D eigenvalue weighted by Crippen LogP contribution is -2.30. The van der Waals surface area contributed by atoms with Crippen LogP contribution in [0.25, 0.3) is 0 Å². The highest BCUT2D eigenvalue weighted by atomic mass is 31.3. The van der Waals surface area contributed by atoms with Gasteiger partial charge in [-0.2, -0.15) is 14.7 Å². The van der Waals surface area contributed by atoms with Crippen LogP contribution in [0.5, 0.6) is 0 Å². The van der Waals surface area contributed by atoms with Gasteiger partial charge in [0, 0.05) is 0 Å². The molecule has 0 aromatic heterocycles. The van der Waals surface area contributed by atoms with E-state index in [2.05, 4.69) is 10.3 Å². The summed E-state index contributed by atoms with van der Waals surface area (Å²) >= 11 is 0. The summed E-state index contributed by atoms with van der Waals surface area (Å²) in [5.41, 5.74) is 0. The van der Waals surface area contributed by atoms with E-state index < -0.39 is 26.8 Å². The molecule has 1 rings (SSSR count). The van der Waals surface area contributed by atoms with Crippen LogP contribution in [0.2, 0.25) is 0 Å². The molecule has 0 amide bonds. The van der Waals surface area contributed by atoms with Crippen LogP contribution in [0.3, 0.4) is 0 Å². The molecular formula is C6H15N2O6P2+. The van der Waals surface area contributed by atoms with Crippen molar-refractivity contribution >= 4 is 20.7 Å². The topological polar surface area (TPSA) is 143 Å². The van der Waals surface area contributed by atoms with Gasteiger partial charge in [0.15, 0.2) is 0 Å². The molecule has 10 heteroatoms. The molecule has 16 heavy (non-hydrogen) atoms. The minimum absolute atomic E-state index is 0.408. The number of rotatable bonds is 3. The summed E-state index contributed by atoms with van der Waals surface area (Å²) in [4.78, 5) is 48.1. The van der Waals surface area contributed by atoms with Crippen molar-refractivity contribution in [2.75, 3.05) is 13.1 Å². The summed E-state index contributed by atoms with van der Waals surface area (Å²) in [5, 5.41) is 1.84. The molecular weight excluding hydrogens is 258 g/mol. The smallest absolute Gasteiger partial charge is 0.317 e. The number of hydrogen-bond donors (Lipinski definition) is 6. The fourth-order valence-electron chi connectivity index (χ4n) is 1.43. The highest BCUT2D eigenvalue weighted by molar-refractivity contribution is 8.00. The first-order chi connectivity index (χ1) is 7.21. The van der Waals surface area contributed by atoms with Crippen molar-refractivity contribution in [3.8, 4) is 0 Å². The third kappa shape index (κ3) is 4.16. The molecule has 8 nitrogen and oxygen atoms in total. The standard InChI is InChI=1S/C6H14N2O6P2/c9-15(10,11)6(16(12,13)14)8-5-1-3-7-4-2-5/h5,7,9-11H,1-4H2,(H-,12,13,14)/p+1. The van der Waals surface area contributed by atoms with Crippen LogP contribution < -0.4 is 5.32 Å². The molecule has 1 aliphatic rings. The zero-order chi connectivity index (χ0) is 12.4.